The molecule has 1 saturated carbocycles. The summed E-state index contributed by atoms with van der Waals surface area (Å²) in [6.45, 7) is 1.95. The summed E-state index contributed by atoms with van der Waals surface area (Å²) in [5.74, 6) is -1.39. The first-order valence-electron chi connectivity index (χ1n) is 6.64. The Labute approximate surface area is 110 Å². The van der Waals surface area contributed by atoms with Crippen molar-refractivity contribution in [2.75, 3.05) is 5.32 Å². The van der Waals surface area contributed by atoms with Crippen LogP contribution >= 0.6 is 0 Å². The van der Waals surface area contributed by atoms with E-state index in [9.17, 15) is 13.2 Å². The van der Waals surface area contributed by atoms with Crippen molar-refractivity contribution in [1.82, 2.24) is 0 Å². The van der Waals surface area contributed by atoms with Gasteiger partial charge in [0.2, 0.25) is 0 Å². The lowest BCUT2D eigenvalue weighted by Crippen LogP contribution is -2.29. The molecule has 0 saturated heterocycles. The van der Waals surface area contributed by atoms with Crippen LogP contribution in [0.5, 0.6) is 0 Å². The van der Waals surface area contributed by atoms with Gasteiger partial charge in [0.25, 0.3) is 0 Å². The third kappa shape index (κ3) is 2.24. The monoisotopic (exact) mass is 267 g/mol. The summed E-state index contributed by atoms with van der Waals surface area (Å²) in [5, 5.41) is 2.93. The molecule has 0 aromatic heterocycles. The molecule has 0 heterocycles. The molecule has 4 heteroatoms. The molecule has 1 nitrogen and oxygen atoms in total. The van der Waals surface area contributed by atoms with Crippen LogP contribution in [0.2, 0.25) is 0 Å². The van der Waals surface area contributed by atoms with E-state index < -0.39 is 17.5 Å². The Hall–Kier alpha value is -1.45. The van der Waals surface area contributed by atoms with Crippen LogP contribution in [0, 0.1) is 35.2 Å². The fourth-order valence-corrected chi connectivity index (χ4v) is 3.41. The maximum Gasteiger partial charge on any atom is 0.182 e. The second-order valence-electron chi connectivity index (χ2n) is 5.63. The highest BCUT2D eigenvalue weighted by atomic mass is 19.2. The van der Waals surface area contributed by atoms with Crippen molar-refractivity contribution in [2.45, 2.75) is 25.8 Å². The predicted octanol–water partition coefficient (Wildman–Crippen LogP) is 4.12. The lowest BCUT2D eigenvalue weighted by Gasteiger charge is -2.27. The van der Waals surface area contributed by atoms with E-state index in [0.717, 1.165) is 18.9 Å². The Morgan fingerprint density at radius 1 is 1.16 bits per heavy atom. The van der Waals surface area contributed by atoms with Crippen LogP contribution < -0.4 is 5.32 Å². The first-order chi connectivity index (χ1) is 9.04. The van der Waals surface area contributed by atoms with Gasteiger partial charge in [0.1, 0.15) is 5.82 Å². The summed E-state index contributed by atoms with van der Waals surface area (Å²) in [4.78, 5) is 0. The maximum absolute atomic E-state index is 13.6. The molecule has 4 atom stereocenters. The average Bonchev–Trinajstić information content (AvgIpc) is 2.97. The van der Waals surface area contributed by atoms with Crippen LogP contribution in [0.1, 0.15) is 19.8 Å². The molecule has 1 fully saturated rings. The van der Waals surface area contributed by atoms with E-state index in [0.29, 0.717) is 23.8 Å². The Morgan fingerprint density at radius 2 is 1.95 bits per heavy atom. The van der Waals surface area contributed by atoms with Crippen LogP contribution in [0.15, 0.2) is 24.3 Å². The third-order valence-electron chi connectivity index (χ3n) is 4.35. The van der Waals surface area contributed by atoms with Crippen LogP contribution in [0.25, 0.3) is 0 Å². The van der Waals surface area contributed by atoms with Gasteiger partial charge < -0.3 is 5.32 Å². The Balaban J connectivity index is 1.76. The van der Waals surface area contributed by atoms with Crippen molar-refractivity contribution in [3.05, 3.63) is 41.7 Å². The molecular weight excluding hydrogens is 251 g/mol. The minimum atomic E-state index is -1.15. The SMILES string of the molecule is CC(Nc1cc(F)cc(F)c1F)C1CC2C=CC1C2. The number of anilines is 1. The zero-order chi connectivity index (χ0) is 13.6. The number of hydrogen-bond donors (Lipinski definition) is 1. The quantitative estimate of drug-likeness (QED) is 0.641. The van der Waals surface area contributed by atoms with Gasteiger partial charge in [-0.15, -0.1) is 0 Å². The normalized spacial score (nSPS) is 29.8. The smallest absolute Gasteiger partial charge is 0.182 e. The second kappa shape index (κ2) is 4.58. The number of fused-ring (bicyclic) bond motifs is 2. The summed E-state index contributed by atoms with van der Waals surface area (Å²) in [7, 11) is 0. The van der Waals surface area contributed by atoms with E-state index in [2.05, 4.69) is 17.5 Å². The van der Waals surface area contributed by atoms with Crippen LogP contribution in [0.4, 0.5) is 18.9 Å². The fourth-order valence-electron chi connectivity index (χ4n) is 3.41. The third-order valence-corrected chi connectivity index (χ3v) is 4.35. The molecule has 2 aliphatic carbocycles. The van der Waals surface area contributed by atoms with E-state index >= 15 is 0 Å². The predicted molar refractivity (Wildman–Crippen MR) is 68.2 cm³/mol. The Morgan fingerprint density at radius 3 is 2.58 bits per heavy atom. The molecule has 1 aromatic carbocycles. The summed E-state index contributed by atoms with van der Waals surface area (Å²) < 4.78 is 39.9. The van der Waals surface area contributed by atoms with E-state index in [-0.39, 0.29) is 11.7 Å². The van der Waals surface area contributed by atoms with Crippen molar-refractivity contribution in [3.8, 4) is 0 Å². The molecule has 3 rings (SSSR count). The van der Waals surface area contributed by atoms with Crippen LogP contribution in [0.3, 0.4) is 0 Å². The van der Waals surface area contributed by atoms with Gasteiger partial charge in [0, 0.05) is 18.2 Å². The molecule has 2 aliphatic rings. The topological polar surface area (TPSA) is 12.0 Å². The minimum Gasteiger partial charge on any atom is -0.380 e. The number of benzene rings is 1. The summed E-state index contributed by atoms with van der Waals surface area (Å²) in [5.41, 5.74) is -0.0863. The van der Waals surface area contributed by atoms with Gasteiger partial charge in [-0.2, -0.15) is 0 Å². The largest absolute Gasteiger partial charge is 0.380 e. The first kappa shape index (κ1) is 12.6. The molecule has 102 valence electrons. The molecule has 1 N–H and O–H groups in total. The van der Waals surface area contributed by atoms with Crippen LogP contribution in [-0.2, 0) is 0 Å². The fraction of sp³-hybridized carbons (Fsp3) is 0.467. The number of nitrogens with one attached hydrogen (secondary N) is 1. The Bertz CT molecular complexity index is 526. The molecule has 4 unspecified atom stereocenters. The summed E-state index contributed by atoms with van der Waals surface area (Å²) >= 11 is 0. The number of rotatable bonds is 3. The van der Waals surface area contributed by atoms with Gasteiger partial charge in [-0.05, 0) is 37.5 Å². The van der Waals surface area contributed by atoms with Crippen molar-refractivity contribution >= 4 is 5.69 Å². The average molecular weight is 267 g/mol. The summed E-state index contributed by atoms with van der Waals surface area (Å²) in [6.07, 6.45) is 6.65. The molecule has 2 bridgehead atoms. The van der Waals surface area contributed by atoms with E-state index in [1.54, 1.807) is 0 Å². The van der Waals surface area contributed by atoms with Crippen molar-refractivity contribution in [2.24, 2.45) is 17.8 Å². The van der Waals surface area contributed by atoms with Gasteiger partial charge in [-0.3, -0.25) is 0 Å². The minimum absolute atomic E-state index is 0.00403. The van der Waals surface area contributed by atoms with E-state index in [4.69, 9.17) is 0 Å². The molecule has 1 aromatic rings. The molecule has 0 amide bonds. The van der Waals surface area contributed by atoms with E-state index in [1.807, 2.05) is 6.92 Å². The van der Waals surface area contributed by atoms with Gasteiger partial charge in [-0.1, -0.05) is 12.2 Å². The van der Waals surface area contributed by atoms with Crippen molar-refractivity contribution in [3.63, 3.8) is 0 Å². The highest BCUT2D eigenvalue weighted by Crippen LogP contribution is 2.45. The van der Waals surface area contributed by atoms with E-state index in [1.165, 1.54) is 0 Å². The van der Waals surface area contributed by atoms with Gasteiger partial charge in [-0.25, -0.2) is 13.2 Å². The molecule has 19 heavy (non-hydrogen) atoms. The number of halogens is 3. The summed E-state index contributed by atoms with van der Waals surface area (Å²) in [6, 6.07) is 1.57. The molecule has 0 radical (unpaired) electrons. The van der Waals surface area contributed by atoms with Crippen molar-refractivity contribution in [1.29, 1.82) is 0 Å². The molecule has 0 aliphatic heterocycles. The molecule has 0 spiro atoms. The van der Waals surface area contributed by atoms with Crippen LogP contribution in [-0.4, -0.2) is 6.04 Å². The lowest BCUT2D eigenvalue weighted by molar-refractivity contribution is 0.397. The highest BCUT2D eigenvalue weighted by Gasteiger charge is 2.38. The standard InChI is InChI=1S/C15H16F3N/c1-8(12-5-9-2-3-10(12)4-9)19-14-7-11(16)6-13(17)15(14)18/h2-3,6-10,12,19H,4-5H2,1H3. The zero-order valence-corrected chi connectivity index (χ0v) is 10.7. The highest BCUT2D eigenvalue weighted by molar-refractivity contribution is 5.46. The zero-order valence-electron chi connectivity index (χ0n) is 10.7. The van der Waals surface area contributed by atoms with Gasteiger partial charge in [0.05, 0.1) is 5.69 Å². The number of allylic oxidation sites excluding steroid dienone is 2. The van der Waals surface area contributed by atoms with Gasteiger partial charge in [0.15, 0.2) is 11.6 Å². The number of hydrogen-bond acceptors (Lipinski definition) is 1. The second-order valence-corrected chi connectivity index (χ2v) is 5.63. The molecular formula is C15H16F3N. The van der Waals surface area contributed by atoms with Gasteiger partial charge >= 0.3 is 0 Å². The lowest BCUT2D eigenvalue weighted by atomic mass is 9.87. The first-order valence-corrected chi connectivity index (χ1v) is 6.64. The Kier molecular flexibility index (Phi) is 3.03. The van der Waals surface area contributed by atoms with Crippen molar-refractivity contribution < 1.29 is 13.2 Å². The maximum atomic E-state index is 13.6.